The second-order valence-corrected chi connectivity index (χ2v) is 8.66. The van der Waals surface area contributed by atoms with Crippen molar-refractivity contribution >= 4 is 44.9 Å². The average molecular weight is 464 g/mol. The molecule has 1 N–H and O–H groups in total. The molecule has 6 nitrogen and oxygen atoms in total. The summed E-state index contributed by atoms with van der Waals surface area (Å²) in [5.74, 6) is 0.655. The Morgan fingerprint density at radius 3 is 2.66 bits per heavy atom. The van der Waals surface area contributed by atoms with Crippen molar-refractivity contribution in [1.82, 2.24) is 9.55 Å². The van der Waals surface area contributed by atoms with Crippen molar-refractivity contribution in [3.8, 4) is 16.9 Å². The molecule has 2 heterocycles. The molecule has 4 aromatic rings. The monoisotopic (exact) mass is 463 g/mol. The highest BCUT2D eigenvalue weighted by molar-refractivity contribution is 7.99. The van der Waals surface area contributed by atoms with Crippen LogP contribution in [0.15, 0.2) is 82.6 Å². The number of fused-ring (bicyclic) bond motifs is 1. The maximum absolute atomic E-state index is 13.3. The summed E-state index contributed by atoms with van der Waals surface area (Å²) in [5.41, 5.74) is 2.39. The highest BCUT2D eigenvalue weighted by Crippen LogP contribution is 2.32. The number of allylic oxidation sites excluding steroid dienone is 1. The molecule has 0 bridgehead atoms. The molecule has 2 aromatic carbocycles. The maximum atomic E-state index is 13.3. The minimum atomic E-state index is -0.184. The molecule has 0 radical (unpaired) electrons. The number of thioether (sulfide) groups is 1. The molecule has 0 aliphatic rings. The largest absolute Gasteiger partial charge is 0.497 e. The smallest absolute Gasteiger partial charge is 0.263 e. The van der Waals surface area contributed by atoms with Crippen molar-refractivity contribution in [3.63, 3.8) is 0 Å². The van der Waals surface area contributed by atoms with Crippen molar-refractivity contribution in [3.05, 3.63) is 83.0 Å². The van der Waals surface area contributed by atoms with Gasteiger partial charge in [0.2, 0.25) is 5.91 Å². The van der Waals surface area contributed by atoms with Gasteiger partial charge in [0.15, 0.2) is 5.16 Å². The van der Waals surface area contributed by atoms with E-state index in [1.165, 1.54) is 23.1 Å². The number of aromatic nitrogens is 2. The average Bonchev–Trinajstić information content (AvgIpc) is 3.25. The van der Waals surface area contributed by atoms with Gasteiger partial charge in [0, 0.05) is 23.2 Å². The molecule has 4 rings (SSSR count). The van der Waals surface area contributed by atoms with E-state index in [0.29, 0.717) is 33.4 Å². The van der Waals surface area contributed by atoms with Crippen molar-refractivity contribution in [1.29, 1.82) is 0 Å². The SMILES string of the molecule is C=CCn1c(SCC(=O)Nc2ccc(OC)cc2)nc2scc(-c3ccccc3)c2c1=O. The van der Waals surface area contributed by atoms with Crippen LogP contribution in [-0.4, -0.2) is 28.3 Å². The van der Waals surface area contributed by atoms with Crippen molar-refractivity contribution in [2.75, 3.05) is 18.2 Å². The summed E-state index contributed by atoms with van der Waals surface area (Å²) >= 11 is 2.66. The van der Waals surface area contributed by atoms with Gasteiger partial charge in [0.05, 0.1) is 18.2 Å². The van der Waals surface area contributed by atoms with Crippen LogP contribution in [-0.2, 0) is 11.3 Å². The lowest BCUT2D eigenvalue weighted by Crippen LogP contribution is -2.23. The van der Waals surface area contributed by atoms with Crippen LogP contribution in [0, 0.1) is 0 Å². The molecule has 0 saturated carbocycles. The van der Waals surface area contributed by atoms with E-state index in [9.17, 15) is 9.59 Å². The van der Waals surface area contributed by atoms with Crippen LogP contribution < -0.4 is 15.6 Å². The molecule has 0 spiro atoms. The zero-order valence-electron chi connectivity index (χ0n) is 17.4. The Labute approximate surface area is 193 Å². The van der Waals surface area contributed by atoms with Gasteiger partial charge in [-0.2, -0.15) is 0 Å². The van der Waals surface area contributed by atoms with Crippen molar-refractivity contribution in [2.45, 2.75) is 11.7 Å². The summed E-state index contributed by atoms with van der Waals surface area (Å²) in [6.07, 6.45) is 1.66. The van der Waals surface area contributed by atoms with Crippen LogP contribution in [0.1, 0.15) is 0 Å². The summed E-state index contributed by atoms with van der Waals surface area (Å²) in [6.45, 7) is 4.08. The van der Waals surface area contributed by atoms with Crippen LogP contribution in [0.3, 0.4) is 0 Å². The molecular formula is C24H21N3O3S2. The molecule has 162 valence electrons. The van der Waals surface area contributed by atoms with Crippen LogP contribution in [0.5, 0.6) is 5.75 Å². The number of amides is 1. The van der Waals surface area contributed by atoms with Gasteiger partial charge < -0.3 is 10.1 Å². The number of nitrogens with one attached hydrogen (secondary N) is 1. The Balaban J connectivity index is 1.59. The molecule has 2 aromatic heterocycles. The van der Waals surface area contributed by atoms with E-state index in [2.05, 4.69) is 11.9 Å². The van der Waals surface area contributed by atoms with Crippen molar-refractivity contribution < 1.29 is 9.53 Å². The topological polar surface area (TPSA) is 73.2 Å². The fourth-order valence-corrected chi connectivity index (χ4v) is 5.03. The zero-order valence-corrected chi connectivity index (χ0v) is 19.0. The first-order valence-electron chi connectivity index (χ1n) is 9.85. The van der Waals surface area contributed by atoms with E-state index < -0.39 is 0 Å². The van der Waals surface area contributed by atoms with E-state index in [-0.39, 0.29) is 17.2 Å². The first-order chi connectivity index (χ1) is 15.6. The number of rotatable bonds is 8. The Morgan fingerprint density at radius 1 is 1.22 bits per heavy atom. The zero-order chi connectivity index (χ0) is 22.5. The number of anilines is 1. The number of benzene rings is 2. The highest BCUT2D eigenvalue weighted by Gasteiger charge is 2.17. The molecular weight excluding hydrogens is 442 g/mol. The van der Waals surface area contributed by atoms with Gasteiger partial charge in [-0.25, -0.2) is 4.98 Å². The molecule has 0 aliphatic heterocycles. The van der Waals surface area contributed by atoms with Gasteiger partial charge in [0.1, 0.15) is 10.6 Å². The first-order valence-corrected chi connectivity index (χ1v) is 11.7. The first kappa shape index (κ1) is 21.9. The summed E-state index contributed by atoms with van der Waals surface area (Å²) in [5, 5.41) is 5.89. The third-order valence-electron chi connectivity index (χ3n) is 4.76. The van der Waals surface area contributed by atoms with E-state index >= 15 is 0 Å². The Kier molecular flexibility index (Phi) is 6.72. The standard InChI is InChI=1S/C24H21N3O3S2/c1-3-13-27-23(29)21-19(16-7-5-4-6-8-16)14-31-22(21)26-24(27)32-15-20(28)25-17-9-11-18(30-2)12-10-17/h3-12,14H,1,13,15H2,2H3,(H,25,28). The number of ether oxygens (including phenoxy) is 1. The fraction of sp³-hybridized carbons (Fsp3) is 0.125. The molecule has 1 amide bonds. The molecule has 0 unspecified atom stereocenters. The molecule has 0 saturated heterocycles. The lowest BCUT2D eigenvalue weighted by atomic mass is 10.1. The highest BCUT2D eigenvalue weighted by atomic mass is 32.2. The summed E-state index contributed by atoms with van der Waals surface area (Å²) in [6, 6.07) is 16.9. The van der Waals surface area contributed by atoms with Crippen LogP contribution in [0.4, 0.5) is 5.69 Å². The number of hydrogen-bond acceptors (Lipinski definition) is 6. The predicted octanol–water partition coefficient (Wildman–Crippen LogP) is 5.05. The number of hydrogen-bond donors (Lipinski definition) is 1. The number of carbonyl (C=O) groups excluding carboxylic acids is 1. The molecule has 8 heteroatoms. The second kappa shape index (κ2) is 9.84. The minimum absolute atomic E-state index is 0.123. The molecule has 0 aliphatic carbocycles. The van der Waals surface area contributed by atoms with Gasteiger partial charge in [-0.3, -0.25) is 14.2 Å². The van der Waals surface area contributed by atoms with E-state index in [1.807, 2.05) is 35.7 Å². The third kappa shape index (κ3) is 4.61. The van der Waals surface area contributed by atoms with Gasteiger partial charge in [-0.1, -0.05) is 48.2 Å². The normalized spacial score (nSPS) is 10.8. The third-order valence-corrected chi connectivity index (χ3v) is 6.61. The number of nitrogens with zero attached hydrogens (tertiary/aromatic N) is 2. The second-order valence-electron chi connectivity index (χ2n) is 6.86. The Bertz CT molecular complexity index is 1310. The van der Waals surface area contributed by atoms with Crippen molar-refractivity contribution in [2.24, 2.45) is 0 Å². The van der Waals surface area contributed by atoms with E-state index in [4.69, 9.17) is 9.72 Å². The van der Waals surface area contributed by atoms with Crippen LogP contribution in [0.25, 0.3) is 21.3 Å². The summed E-state index contributed by atoms with van der Waals surface area (Å²) in [7, 11) is 1.59. The number of carbonyl (C=O) groups is 1. The summed E-state index contributed by atoms with van der Waals surface area (Å²) in [4.78, 5) is 31.2. The lowest BCUT2D eigenvalue weighted by molar-refractivity contribution is -0.113. The quantitative estimate of drug-likeness (QED) is 0.225. The fourth-order valence-electron chi connectivity index (χ4n) is 3.24. The number of thiophene rings is 1. The molecule has 0 fully saturated rings. The Hall–Kier alpha value is -3.36. The number of methoxy groups -OCH3 is 1. The Morgan fingerprint density at radius 2 is 1.97 bits per heavy atom. The van der Waals surface area contributed by atoms with Gasteiger partial charge in [0.25, 0.3) is 5.56 Å². The van der Waals surface area contributed by atoms with Crippen LogP contribution in [0.2, 0.25) is 0 Å². The molecule has 0 atom stereocenters. The van der Waals surface area contributed by atoms with E-state index in [1.54, 1.807) is 42.0 Å². The molecule has 32 heavy (non-hydrogen) atoms. The van der Waals surface area contributed by atoms with Gasteiger partial charge in [-0.15, -0.1) is 17.9 Å². The summed E-state index contributed by atoms with van der Waals surface area (Å²) < 4.78 is 6.70. The minimum Gasteiger partial charge on any atom is -0.497 e. The lowest BCUT2D eigenvalue weighted by Gasteiger charge is -2.11. The van der Waals surface area contributed by atoms with Gasteiger partial charge >= 0.3 is 0 Å². The predicted molar refractivity (Wildman–Crippen MR) is 132 cm³/mol. The van der Waals surface area contributed by atoms with Gasteiger partial charge in [-0.05, 0) is 29.8 Å². The van der Waals surface area contributed by atoms with Crippen LogP contribution >= 0.6 is 23.1 Å². The van der Waals surface area contributed by atoms with E-state index in [0.717, 1.165) is 11.1 Å². The maximum Gasteiger partial charge on any atom is 0.263 e.